The van der Waals surface area contributed by atoms with Gasteiger partial charge in [-0.25, -0.2) is 0 Å². The lowest BCUT2D eigenvalue weighted by atomic mass is 10.2. The number of hydrogen-bond donors (Lipinski definition) is 0. The van der Waals surface area contributed by atoms with E-state index < -0.39 is 0 Å². The van der Waals surface area contributed by atoms with E-state index in [1.54, 1.807) is 11.8 Å². The predicted octanol–water partition coefficient (Wildman–Crippen LogP) is 4.19. The molecule has 0 radical (unpaired) electrons. The normalized spacial score (nSPS) is 9.90. The van der Waals surface area contributed by atoms with Crippen molar-refractivity contribution in [2.24, 2.45) is 0 Å². The molecule has 0 heterocycles. The number of nitriles is 1. The summed E-state index contributed by atoms with van der Waals surface area (Å²) in [7, 11) is 4.15. The fourth-order valence-corrected chi connectivity index (χ4v) is 2.74. The van der Waals surface area contributed by atoms with Crippen LogP contribution in [-0.2, 0) is 6.54 Å². The van der Waals surface area contributed by atoms with Gasteiger partial charge in [0.1, 0.15) is 0 Å². The van der Waals surface area contributed by atoms with Gasteiger partial charge in [-0.05, 0) is 50.0 Å². The molecule has 0 fully saturated rings. The highest BCUT2D eigenvalue weighted by Gasteiger charge is 2.05. The summed E-state index contributed by atoms with van der Waals surface area (Å²) in [6.07, 6.45) is 0. The van der Waals surface area contributed by atoms with Crippen molar-refractivity contribution in [1.82, 2.24) is 4.90 Å². The van der Waals surface area contributed by atoms with E-state index in [9.17, 15) is 0 Å². The van der Waals surface area contributed by atoms with Crippen LogP contribution in [0.15, 0.2) is 58.3 Å². The zero-order valence-electron chi connectivity index (χ0n) is 11.5. The molecule has 2 aromatic rings. The van der Waals surface area contributed by atoms with Crippen molar-refractivity contribution in [1.29, 1.82) is 5.26 Å². The molecule has 4 heteroatoms. The van der Waals surface area contributed by atoms with Gasteiger partial charge in [0.25, 0.3) is 0 Å². The average Bonchev–Trinajstić information content (AvgIpc) is 2.41. The molecule has 2 nitrogen and oxygen atoms in total. The highest BCUT2D eigenvalue weighted by Crippen LogP contribution is 2.30. The molecule has 0 aliphatic heterocycles. The van der Waals surface area contributed by atoms with Gasteiger partial charge < -0.3 is 4.90 Å². The highest BCUT2D eigenvalue weighted by atomic mass is 35.5. The molecule has 0 saturated carbocycles. The third kappa shape index (κ3) is 4.57. The number of nitrogens with zero attached hydrogens (tertiary/aromatic N) is 2. The van der Waals surface area contributed by atoms with Crippen LogP contribution in [0, 0.1) is 11.3 Å². The van der Waals surface area contributed by atoms with Gasteiger partial charge in [0, 0.05) is 16.3 Å². The lowest BCUT2D eigenvalue weighted by Gasteiger charge is -2.13. The molecule has 2 aromatic carbocycles. The third-order valence-corrected chi connectivity index (χ3v) is 3.80. The Kier molecular flexibility index (Phi) is 6.60. The molecule has 0 amide bonds. The molecule has 0 spiro atoms. The largest absolute Gasteiger partial charge is 0.305 e. The van der Waals surface area contributed by atoms with E-state index in [1.165, 1.54) is 10.5 Å². The van der Waals surface area contributed by atoms with Crippen LogP contribution in [0.25, 0.3) is 0 Å². The Bertz CT molecular complexity index is 588. The second-order valence-corrected chi connectivity index (χ2v) is 5.70. The molecule has 0 aliphatic rings. The van der Waals surface area contributed by atoms with E-state index in [0.717, 1.165) is 11.4 Å². The van der Waals surface area contributed by atoms with Gasteiger partial charge in [0.05, 0.1) is 11.6 Å². The first-order valence-electron chi connectivity index (χ1n) is 6.09. The second kappa shape index (κ2) is 7.96. The number of benzene rings is 2. The lowest BCUT2D eigenvalue weighted by Crippen LogP contribution is -2.11. The quantitative estimate of drug-likeness (QED) is 0.847. The Hall–Kier alpha value is -1.47. The van der Waals surface area contributed by atoms with Crippen molar-refractivity contribution in [2.45, 2.75) is 16.3 Å². The van der Waals surface area contributed by atoms with Crippen LogP contribution < -0.4 is 0 Å². The van der Waals surface area contributed by atoms with Gasteiger partial charge >= 0.3 is 0 Å². The molecule has 0 unspecified atom stereocenters. The van der Waals surface area contributed by atoms with Crippen LogP contribution in [0.4, 0.5) is 0 Å². The zero-order valence-corrected chi connectivity index (χ0v) is 13.2. The number of hydrogen-bond acceptors (Lipinski definition) is 3. The molecule has 0 saturated heterocycles. The topological polar surface area (TPSA) is 27.0 Å². The van der Waals surface area contributed by atoms with E-state index in [1.807, 2.05) is 24.3 Å². The summed E-state index contributed by atoms with van der Waals surface area (Å²) in [6, 6.07) is 18.3. The van der Waals surface area contributed by atoms with Crippen molar-refractivity contribution in [3.8, 4) is 6.07 Å². The van der Waals surface area contributed by atoms with Crippen LogP contribution in [0.2, 0.25) is 0 Å². The smallest absolute Gasteiger partial charge is 0.0991 e. The molecule has 2 rings (SSSR count). The third-order valence-electron chi connectivity index (χ3n) is 2.67. The molecular weight excluding hydrogens is 288 g/mol. The molecular formula is C16H17ClN2S. The first-order valence-corrected chi connectivity index (χ1v) is 6.91. The molecule has 20 heavy (non-hydrogen) atoms. The van der Waals surface area contributed by atoms with Crippen LogP contribution in [-0.4, -0.2) is 19.0 Å². The van der Waals surface area contributed by atoms with Gasteiger partial charge in [-0.3, -0.25) is 0 Å². The summed E-state index contributed by atoms with van der Waals surface area (Å²) in [5.41, 5.74) is 2.02. The Morgan fingerprint density at radius 1 is 1.05 bits per heavy atom. The van der Waals surface area contributed by atoms with Crippen molar-refractivity contribution in [3.05, 3.63) is 59.7 Å². The standard InChI is InChI=1S/C16H16N2S.ClH/c1-18(2)12-14-5-3-4-6-16(14)19-15-9-7-13(11-17)8-10-15;/h3-10H,12H2,1-2H3;1H. The Labute approximate surface area is 130 Å². The van der Waals surface area contributed by atoms with Crippen molar-refractivity contribution in [3.63, 3.8) is 0 Å². The van der Waals surface area contributed by atoms with E-state index >= 15 is 0 Å². The Morgan fingerprint density at radius 3 is 2.30 bits per heavy atom. The first kappa shape index (κ1) is 16.6. The van der Waals surface area contributed by atoms with E-state index in [-0.39, 0.29) is 12.4 Å². The van der Waals surface area contributed by atoms with E-state index in [2.05, 4.69) is 49.3 Å². The fourth-order valence-electron chi connectivity index (χ4n) is 1.80. The maximum Gasteiger partial charge on any atom is 0.0991 e. The molecule has 0 aromatic heterocycles. The monoisotopic (exact) mass is 304 g/mol. The van der Waals surface area contributed by atoms with Gasteiger partial charge in [-0.15, -0.1) is 12.4 Å². The Balaban J connectivity index is 0.00000200. The Morgan fingerprint density at radius 2 is 1.70 bits per heavy atom. The molecule has 0 N–H and O–H groups in total. The summed E-state index contributed by atoms with van der Waals surface area (Å²) in [5.74, 6) is 0. The maximum absolute atomic E-state index is 8.80. The van der Waals surface area contributed by atoms with Crippen LogP contribution in [0.5, 0.6) is 0 Å². The summed E-state index contributed by atoms with van der Waals surface area (Å²) < 4.78 is 0. The van der Waals surface area contributed by atoms with Crippen LogP contribution in [0.1, 0.15) is 11.1 Å². The molecule has 104 valence electrons. The van der Waals surface area contributed by atoms with Gasteiger partial charge in [-0.2, -0.15) is 5.26 Å². The maximum atomic E-state index is 8.80. The van der Waals surface area contributed by atoms with Gasteiger partial charge in [0.15, 0.2) is 0 Å². The zero-order chi connectivity index (χ0) is 13.7. The van der Waals surface area contributed by atoms with Gasteiger partial charge in [-0.1, -0.05) is 30.0 Å². The minimum atomic E-state index is 0. The molecule has 0 aliphatic carbocycles. The predicted molar refractivity (Wildman–Crippen MR) is 86.4 cm³/mol. The van der Waals surface area contributed by atoms with Crippen molar-refractivity contribution in [2.75, 3.05) is 14.1 Å². The second-order valence-electron chi connectivity index (χ2n) is 4.58. The first-order chi connectivity index (χ1) is 9.19. The summed E-state index contributed by atoms with van der Waals surface area (Å²) >= 11 is 1.74. The van der Waals surface area contributed by atoms with Crippen LogP contribution >= 0.6 is 24.2 Å². The number of rotatable bonds is 4. The minimum Gasteiger partial charge on any atom is -0.305 e. The molecule has 0 bridgehead atoms. The van der Waals surface area contributed by atoms with E-state index in [0.29, 0.717) is 5.56 Å². The summed E-state index contributed by atoms with van der Waals surface area (Å²) in [6.45, 7) is 0.930. The van der Waals surface area contributed by atoms with E-state index in [4.69, 9.17) is 5.26 Å². The van der Waals surface area contributed by atoms with Gasteiger partial charge in [0.2, 0.25) is 0 Å². The average molecular weight is 305 g/mol. The number of halogens is 1. The summed E-state index contributed by atoms with van der Waals surface area (Å²) in [5, 5.41) is 8.80. The summed E-state index contributed by atoms with van der Waals surface area (Å²) in [4.78, 5) is 4.59. The molecule has 0 atom stereocenters. The van der Waals surface area contributed by atoms with Crippen LogP contribution in [0.3, 0.4) is 0 Å². The lowest BCUT2D eigenvalue weighted by molar-refractivity contribution is 0.399. The SMILES string of the molecule is CN(C)Cc1ccccc1Sc1ccc(C#N)cc1.Cl. The van der Waals surface area contributed by atoms with Crippen molar-refractivity contribution < 1.29 is 0 Å². The van der Waals surface area contributed by atoms with Crippen molar-refractivity contribution >= 4 is 24.2 Å². The fraction of sp³-hybridized carbons (Fsp3) is 0.188. The minimum absolute atomic E-state index is 0. The highest BCUT2D eigenvalue weighted by molar-refractivity contribution is 7.99.